The lowest BCUT2D eigenvalue weighted by Crippen LogP contribution is -2.33. The SMILES string of the molecule is COC(CN)CC(=O)NC(C)c1ccc(-c2ccccc2)cc1.Cl. The summed E-state index contributed by atoms with van der Waals surface area (Å²) in [6.07, 6.45) is 0.0436. The van der Waals surface area contributed by atoms with Crippen LogP contribution < -0.4 is 11.1 Å². The molecule has 0 aliphatic carbocycles. The lowest BCUT2D eigenvalue weighted by molar-refractivity contribution is -0.124. The molecule has 4 nitrogen and oxygen atoms in total. The number of methoxy groups -OCH3 is 1. The topological polar surface area (TPSA) is 64.3 Å². The molecule has 3 N–H and O–H groups in total. The van der Waals surface area contributed by atoms with Gasteiger partial charge in [-0.2, -0.15) is 0 Å². The fourth-order valence-electron chi connectivity index (χ4n) is 2.45. The maximum Gasteiger partial charge on any atom is 0.223 e. The fourth-order valence-corrected chi connectivity index (χ4v) is 2.45. The van der Waals surface area contributed by atoms with Gasteiger partial charge in [0.05, 0.1) is 18.6 Å². The summed E-state index contributed by atoms with van der Waals surface area (Å²) in [4.78, 5) is 12.0. The molecule has 0 aromatic heterocycles. The molecule has 0 aliphatic heterocycles. The van der Waals surface area contributed by atoms with Crippen LogP contribution in [0.3, 0.4) is 0 Å². The number of halogens is 1. The van der Waals surface area contributed by atoms with Crippen LogP contribution in [0.4, 0.5) is 0 Å². The Bertz CT molecular complexity index is 613. The predicted octanol–water partition coefficient (Wildman–Crippen LogP) is 3.32. The summed E-state index contributed by atoms with van der Waals surface area (Å²) in [5.41, 5.74) is 8.95. The van der Waals surface area contributed by atoms with Crippen LogP contribution in [-0.4, -0.2) is 25.7 Å². The van der Waals surface area contributed by atoms with E-state index < -0.39 is 0 Å². The van der Waals surface area contributed by atoms with Crippen LogP contribution in [0.25, 0.3) is 11.1 Å². The number of benzene rings is 2. The summed E-state index contributed by atoms with van der Waals surface area (Å²) in [6.45, 7) is 2.31. The van der Waals surface area contributed by atoms with Crippen molar-refractivity contribution in [2.45, 2.75) is 25.5 Å². The van der Waals surface area contributed by atoms with E-state index in [1.165, 1.54) is 5.56 Å². The lowest BCUT2D eigenvalue weighted by Gasteiger charge is -2.17. The van der Waals surface area contributed by atoms with Gasteiger partial charge in [0.2, 0.25) is 5.91 Å². The number of carbonyl (C=O) groups excluding carboxylic acids is 1. The van der Waals surface area contributed by atoms with Crippen molar-refractivity contribution >= 4 is 18.3 Å². The Labute approximate surface area is 149 Å². The van der Waals surface area contributed by atoms with Gasteiger partial charge < -0.3 is 15.8 Å². The number of amides is 1. The summed E-state index contributed by atoms with van der Waals surface area (Å²) in [5, 5.41) is 2.98. The number of hydrogen-bond acceptors (Lipinski definition) is 3. The van der Waals surface area contributed by atoms with E-state index in [1.54, 1.807) is 7.11 Å². The molecule has 2 aromatic carbocycles. The molecule has 2 rings (SSSR count). The van der Waals surface area contributed by atoms with Crippen molar-refractivity contribution in [2.24, 2.45) is 5.73 Å². The Balaban J connectivity index is 0.00000288. The molecular weight excluding hydrogens is 324 g/mol. The third kappa shape index (κ3) is 5.64. The molecule has 2 aromatic rings. The average Bonchev–Trinajstić information content (AvgIpc) is 2.60. The Morgan fingerprint density at radius 3 is 2.21 bits per heavy atom. The molecule has 0 saturated carbocycles. The van der Waals surface area contributed by atoms with Crippen molar-refractivity contribution in [3.8, 4) is 11.1 Å². The van der Waals surface area contributed by atoms with Crippen molar-refractivity contribution in [3.05, 3.63) is 60.2 Å². The first-order valence-corrected chi connectivity index (χ1v) is 7.81. The van der Waals surface area contributed by atoms with Crippen LogP contribution in [0.5, 0.6) is 0 Å². The van der Waals surface area contributed by atoms with E-state index in [0.717, 1.165) is 11.1 Å². The maximum absolute atomic E-state index is 12.0. The second-order valence-electron chi connectivity index (χ2n) is 5.57. The van der Waals surface area contributed by atoms with Gasteiger partial charge in [0.25, 0.3) is 0 Å². The van der Waals surface area contributed by atoms with E-state index >= 15 is 0 Å². The third-order valence-electron chi connectivity index (χ3n) is 3.90. The highest BCUT2D eigenvalue weighted by Crippen LogP contribution is 2.21. The second kappa shape index (κ2) is 10.1. The van der Waals surface area contributed by atoms with Crippen molar-refractivity contribution in [2.75, 3.05) is 13.7 Å². The van der Waals surface area contributed by atoms with Gasteiger partial charge in [0.1, 0.15) is 0 Å². The molecule has 0 aliphatic rings. The molecule has 2 atom stereocenters. The summed E-state index contributed by atoms with van der Waals surface area (Å²) < 4.78 is 5.14. The molecule has 0 bridgehead atoms. The van der Waals surface area contributed by atoms with E-state index in [-0.39, 0.29) is 36.9 Å². The molecule has 0 radical (unpaired) electrons. The van der Waals surface area contributed by atoms with Crippen LogP contribution in [0, 0.1) is 0 Å². The molecular formula is C19H25ClN2O2. The second-order valence-corrected chi connectivity index (χ2v) is 5.57. The Kier molecular flexibility index (Phi) is 8.47. The number of hydrogen-bond donors (Lipinski definition) is 2. The zero-order valence-corrected chi connectivity index (χ0v) is 14.9. The quantitative estimate of drug-likeness (QED) is 0.806. The third-order valence-corrected chi connectivity index (χ3v) is 3.90. The van der Waals surface area contributed by atoms with Crippen LogP contribution in [-0.2, 0) is 9.53 Å². The summed E-state index contributed by atoms with van der Waals surface area (Å²) in [6, 6.07) is 18.4. The molecule has 0 heterocycles. The van der Waals surface area contributed by atoms with Crippen LogP contribution in [0.15, 0.2) is 54.6 Å². The minimum absolute atomic E-state index is 0. The standard InChI is InChI=1S/C19H24N2O2.ClH/c1-14(21-19(22)12-18(13-20)23-2)15-8-10-17(11-9-15)16-6-4-3-5-7-16;/h3-11,14,18H,12-13,20H2,1-2H3,(H,21,22);1H. The highest BCUT2D eigenvalue weighted by atomic mass is 35.5. The lowest BCUT2D eigenvalue weighted by atomic mass is 10.0. The number of nitrogens with one attached hydrogen (secondary N) is 1. The summed E-state index contributed by atoms with van der Waals surface area (Å²) in [5.74, 6) is -0.0538. The van der Waals surface area contributed by atoms with E-state index in [4.69, 9.17) is 10.5 Å². The zero-order valence-electron chi connectivity index (χ0n) is 14.1. The maximum atomic E-state index is 12.0. The molecule has 0 fully saturated rings. The van der Waals surface area contributed by atoms with E-state index in [9.17, 15) is 4.79 Å². The van der Waals surface area contributed by atoms with Gasteiger partial charge >= 0.3 is 0 Å². The highest BCUT2D eigenvalue weighted by Gasteiger charge is 2.14. The molecule has 1 amide bonds. The van der Waals surface area contributed by atoms with Crippen molar-refractivity contribution in [3.63, 3.8) is 0 Å². The van der Waals surface area contributed by atoms with Crippen LogP contribution in [0.2, 0.25) is 0 Å². The molecule has 0 saturated heterocycles. The zero-order chi connectivity index (χ0) is 16.7. The largest absolute Gasteiger partial charge is 0.380 e. The first-order chi connectivity index (χ1) is 11.1. The van der Waals surface area contributed by atoms with Gasteiger partial charge in [0, 0.05) is 13.7 Å². The van der Waals surface area contributed by atoms with Gasteiger partial charge in [-0.15, -0.1) is 12.4 Å². The normalized spacial score (nSPS) is 12.8. The monoisotopic (exact) mass is 348 g/mol. The van der Waals surface area contributed by atoms with Crippen LogP contribution in [0.1, 0.15) is 24.9 Å². The Morgan fingerprint density at radius 1 is 1.08 bits per heavy atom. The number of carbonyl (C=O) groups is 1. The van der Waals surface area contributed by atoms with Gasteiger partial charge in [-0.3, -0.25) is 4.79 Å². The molecule has 0 spiro atoms. The Hall–Kier alpha value is -1.88. The predicted molar refractivity (Wildman–Crippen MR) is 100 cm³/mol. The Morgan fingerprint density at radius 2 is 1.67 bits per heavy atom. The van der Waals surface area contributed by atoms with Crippen LogP contribution >= 0.6 is 12.4 Å². The molecule has 2 unspecified atom stereocenters. The van der Waals surface area contributed by atoms with E-state index in [2.05, 4.69) is 29.6 Å². The number of rotatable bonds is 7. The fraction of sp³-hybridized carbons (Fsp3) is 0.316. The molecule has 24 heavy (non-hydrogen) atoms. The van der Waals surface area contributed by atoms with E-state index in [0.29, 0.717) is 6.54 Å². The van der Waals surface area contributed by atoms with Gasteiger partial charge in [-0.25, -0.2) is 0 Å². The first kappa shape index (κ1) is 20.2. The minimum Gasteiger partial charge on any atom is -0.380 e. The van der Waals surface area contributed by atoms with Gasteiger partial charge in [-0.1, -0.05) is 54.6 Å². The van der Waals surface area contributed by atoms with E-state index in [1.807, 2.05) is 37.3 Å². The number of ether oxygens (including phenoxy) is 1. The molecule has 130 valence electrons. The van der Waals surface area contributed by atoms with Crippen molar-refractivity contribution in [1.82, 2.24) is 5.32 Å². The minimum atomic E-state index is -0.234. The molecule has 5 heteroatoms. The smallest absolute Gasteiger partial charge is 0.223 e. The summed E-state index contributed by atoms with van der Waals surface area (Å²) in [7, 11) is 1.57. The number of nitrogens with two attached hydrogens (primary N) is 1. The first-order valence-electron chi connectivity index (χ1n) is 7.81. The van der Waals surface area contributed by atoms with Crippen molar-refractivity contribution < 1.29 is 9.53 Å². The van der Waals surface area contributed by atoms with Gasteiger partial charge in [0.15, 0.2) is 0 Å². The van der Waals surface area contributed by atoms with Gasteiger partial charge in [-0.05, 0) is 23.6 Å². The highest BCUT2D eigenvalue weighted by molar-refractivity contribution is 5.85. The van der Waals surface area contributed by atoms with Crippen molar-refractivity contribution in [1.29, 1.82) is 0 Å². The average molecular weight is 349 g/mol. The summed E-state index contributed by atoms with van der Waals surface area (Å²) >= 11 is 0.